The zero-order valence-corrected chi connectivity index (χ0v) is 25.3. The number of ether oxygens (including phenoxy) is 1. The van der Waals surface area contributed by atoms with Gasteiger partial charge in [-0.3, -0.25) is 4.79 Å². The van der Waals surface area contributed by atoms with E-state index in [-0.39, 0.29) is 56.7 Å². The number of carbonyl (C=O) groups excluding carboxylic acids is 1. The van der Waals surface area contributed by atoms with E-state index in [2.05, 4.69) is 81.4 Å². The third-order valence-electron chi connectivity index (χ3n) is 6.43. The van der Waals surface area contributed by atoms with E-state index < -0.39 is 0 Å². The summed E-state index contributed by atoms with van der Waals surface area (Å²) in [5.74, 6) is 0.647. The summed E-state index contributed by atoms with van der Waals surface area (Å²) in [7, 11) is 0. The van der Waals surface area contributed by atoms with Gasteiger partial charge in [0.1, 0.15) is 11.5 Å². The van der Waals surface area contributed by atoms with E-state index in [1.54, 1.807) is 0 Å². The summed E-state index contributed by atoms with van der Waals surface area (Å²) in [4.78, 5) is 12.8. The first-order valence-corrected chi connectivity index (χ1v) is 11.8. The van der Waals surface area contributed by atoms with Crippen LogP contribution < -0.4 is 4.74 Å². The Kier molecular flexibility index (Phi) is 11.6. The number of rotatable bonds is 5. The molecule has 0 unspecified atom stereocenters. The molecule has 0 amide bonds. The fourth-order valence-corrected chi connectivity index (χ4v) is 4.12. The molecule has 1 N–H and O–H groups in total. The first kappa shape index (κ1) is 32.7. The number of phenolic OH excluding ortho intramolecular Hbond substituents is 1. The zero-order valence-electron chi connectivity index (χ0n) is 22.9. The van der Waals surface area contributed by atoms with Crippen LogP contribution in [-0.4, -0.2) is 11.1 Å². The molecule has 5 heteroatoms. The quantitative estimate of drug-likeness (QED) is 0.243. The third-order valence-corrected chi connectivity index (χ3v) is 6.43. The van der Waals surface area contributed by atoms with E-state index in [0.29, 0.717) is 12.2 Å². The number of aryl methyl sites for hydroxylation is 2. The largest absolute Gasteiger partial charge is 0.507 e. The Bertz CT molecular complexity index is 1030. The maximum Gasteiger partial charge on any atom is 0.311 e. The molecule has 188 valence electrons. The molecule has 34 heavy (non-hydrogen) atoms. The molecule has 0 aliphatic heterocycles. The third kappa shape index (κ3) is 6.90. The average Bonchev–Trinajstić information content (AvgIpc) is 2.66. The number of hydrogen-bond acceptors (Lipinski definition) is 3. The molecule has 0 spiro atoms. The standard InChI is InChI=1S/C29H42O3.ClH.Ti/c1-12-13-14-23(30)32-27-22(29(9,10)11)16-18(3)20(5)25(27)24-19(4)17(2)15-21(26(24)31)28(6,7)8;;/h15-16,31H,12-14H2,1-11H3;1H;. The predicted octanol–water partition coefficient (Wildman–Crippen LogP) is 8.40. The van der Waals surface area contributed by atoms with Crippen molar-refractivity contribution >= 4 is 18.4 Å². The molecule has 0 bridgehead atoms. The number of halogens is 1. The van der Waals surface area contributed by atoms with E-state index in [9.17, 15) is 9.90 Å². The molecule has 0 aromatic heterocycles. The van der Waals surface area contributed by atoms with Crippen LogP contribution in [0, 0.1) is 27.7 Å². The summed E-state index contributed by atoms with van der Waals surface area (Å²) < 4.78 is 6.12. The summed E-state index contributed by atoms with van der Waals surface area (Å²) in [6.07, 6.45) is 2.12. The van der Waals surface area contributed by atoms with Crippen LogP contribution in [0.5, 0.6) is 11.5 Å². The molecule has 0 saturated carbocycles. The van der Waals surface area contributed by atoms with Gasteiger partial charge in [-0.1, -0.05) is 67.0 Å². The van der Waals surface area contributed by atoms with Gasteiger partial charge in [-0.25, -0.2) is 0 Å². The first-order chi connectivity index (χ1) is 14.6. The minimum Gasteiger partial charge on any atom is -0.507 e. The van der Waals surface area contributed by atoms with Gasteiger partial charge in [0.05, 0.1) is 0 Å². The van der Waals surface area contributed by atoms with Gasteiger partial charge in [0, 0.05) is 50.4 Å². The second kappa shape index (κ2) is 12.1. The molecule has 0 atom stereocenters. The van der Waals surface area contributed by atoms with E-state index in [1.165, 1.54) is 0 Å². The van der Waals surface area contributed by atoms with E-state index in [1.807, 2.05) is 6.92 Å². The zero-order chi connectivity index (χ0) is 24.6. The topological polar surface area (TPSA) is 46.5 Å². The number of carbonyl (C=O) groups is 1. The summed E-state index contributed by atoms with van der Waals surface area (Å²) >= 11 is 0. The minimum atomic E-state index is -0.228. The second-order valence-corrected chi connectivity index (χ2v) is 11.2. The molecule has 2 aromatic rings. The Balaban J connectivity index is 0.00000544. The second-order valence-electron chi connectivity index (χ2n) is 11.2. The maximum atomic E-state index is 12.8. The number of hydrogen-bond donors (Lipinski definition) is 1. The van der Waals surface area contributed by atoms with Gasteiger partial charge in [0.25, 0.3) is 0 Å². The van der Waals surface area contributed by atoms with Crippen LogP contribution in [0.1, 0.15) is 101 Å². The van der Waals surface area contributed by atoms with Gasteiger partial charge in [-0.15, -0.1) is 12.4 Å². The summed E-state index contributed by atoms with van der Waals surface area (Å²) in [5, 5.41) is 11.6. The van der Waals surface area contributed by atoms with Gasteiger partial charge < -0.3 is 9.84 Å². The molecule has 0 saturated heterocycles. The van der Waals surface area contributed by atoms with Crippen LogP contribution in [-0.2, 0) is 37.3 Å². The predicted molar refractivity (Wildman–Crippen MR) is 142 cm³/mol. The minimum absolute atomic E-state index is 0. The molecule has 2 aromatic carbocycles. The van der Waals surface area contributed by atoms with Crippen molar-refractivity contribution in [1.29, 1.82) is 0 Å². The number of aromatic hydroxyl groups is 1. The summed E-state index contributed by atoms with van der Waals surface area (Å²) in [5.41, 5.74) is 7.32. The van der Waals surface area contributed by atoms with E-state index in [4.69, 9.17) is 4.74 Å². The summed E-state index contributed by atoms with van der Waals surface area (Å²) in [6.45, 7) is 23.0. The van der Waals surface area contributed by atoms with Gasteiger partial charge in [-0.05, 0) is 67.2 Å². The molecular weight excluding hydrogens is 480 g/mol. The van der Waals surface area contributed by atoms with Crippen LogP contribution in [0.25, 0.3) is 11.1 Å². The Labute approximate surface area is 228 Å². The fourth-order valence-electron chi connectivity index (χ4n) is 4.12. The van der Waals surface area contributed by atoms with Gasteiger partial charge in [0.15, 0.2) is 0 Å². The molecule has 0 radical (unpaired) electrons. The van der Waals surface area contributed by atoms with Gasteiger partial charge in [0.2, 0.25) is 0 Å². The molecule has 0 heterocycles. The summed E-state index contributed by atoms with van der Waals surface area (Å²) in [6, 6.07) is 4.21. The van der Waals surface area contributed by atoms with E-state index >= 15 is 0 Å². The average molecular weight is 523 g/mol. The Hall–Kier alpha value is -1.29. The van der Waals surface area contributed by atoms with Crippen molar-refractivity contribution in [3.05, 3.63) is 45.5 Å². The molecule has 2 rings (SSSR count). The van der Waals surface area contributed by atoms with Crippen LogP contribution in [0.15, 0.2) is 12.1 Å². The fraction of sp³-hybridized carbons (Fsp3) is 0.552. The Morgan fingerprint density at radius 3 is 1.74 bits per heavy atom. The molecule has 0 aliphatic carbocycles. The van der Waals surface area contributed by atoms with Crippen molar-refractivity contribution < 1.29 is 36.4 Å². The van der Waals surface area contributed by atoms with Crippen molar-refractivity contribution in [1.82, 2.24) is 0 Å². The smallest absolute Gasteiger partial charge is 0.311 e. The monoisotopic (exact) mass is 522 g/mol. The van der Waals surface area contributed by atoms with Gasteiger partial charge >= 0.3 is 5.97 Å². The first-order valence-electron chi connectivity index (χ1n) is 11.8. The van der Waals surface area contributed by atoms with Crippen LogP contribution in [0.2, 0.25) is 0 Å². The molecule has 0 aliphatic rings. The number of unbranched alkanes of at least 4 members (excludes halogenated alkanes) is 1. The van der Waals surface area contributed by atoms with Crippen molar-refractivity contribution in [3.8, 4) is 22.6 Å². The molecule has 3 nitrogen and oxygen atoms in total. The SMILES string of the molecule is CCCCC(=O)Oc1c(C(C)(C)C)cc(C)c(C)c1-c1c(C)c(C)cc(C(C)(C)C)c1O.Cl.[Ti]. The van der Waals surface area contributed by atoms with Crippen LogP contribution in [0.3, 0.4) is 0 Å². The maximum absolute atomic E-state index is 12.8. The van der Waals surface area contributed by atoms with Crippen LogP contribution >= 0.6 is 12.4 Å². The number of phenols is 1. The normalized spacial score (nSPS) is 11.5. The van der Waals surface area contributed by atoms with E-state index in [0.717, 1.165) is 57.3 Å². The molecular formula is C29H43ClO3Ti. The number of benzene rings is 2. The van der Waals surface area contributed by atoms with Crippen LogP contribution in [0.4, 0.5) is 0 Å². The van der Waals surface area contributed by atoms with Crippen molar-refractivity contribution in [2.45, 2.75) is 106 Å². The molecule has 0 fully saturated rings. The van der Waals surface area contributed by atoms with Crippen molar-refractivity contribution in [2.75, 3.05) is 0 Å². The number of esters is 1. The van der Waals surface area contributed by atoms with Crippen molar-refractivity contribution in [2.24, 2.45) is 0 Å². The Morgan fingerprint density at radius 1 is 0.853 bits per heavy atom. The Morgan fingerprint density at radius 2 is 1.29 bits per heavy atom. The van der Waals surface area contributed by atoms with Gasteiger partial charge in [-0.2, -0.15) is 0 Å². The van der Waals surface area contributed by atoms with Crippen molar-refractivity contribution in [3.63, 3.8) is 0 Å².